The molecule has 1 aromatic carbocycles. The lowest BCUT2D eigenvalue weighted by molar-refractivity contribution is -0.121. The lowest BCUT2D eigenvalue weighted by atomic mass is 9.99. The minimum atomic E-state index is -0.295. The molecule has 4 N–H and O–H groups in total. The van der Waals surface area contributed by atoms with Crippen LogP contribution in [0.15, 0.2) is 35.1 Å². The van der Waals surface area contributed by atoms with Crippen molar-refractivity contribution >= 4 is 35.1 Å². The van der Waals surface area contributed by atoms with E-state index in [2.05, 4.69) is 10.3 Å². The number of para-hydroxylation sites is 1. The van der Waals surface area contributed by atoms with E-state index in [1.165, 1.54) is 6.07 Å². The van der Waals surface area contributed by atoms with Crippen LogP contribution in [-0.4, -0.2) is 47.4 Å². The van der Waals surface area contributed by atoms with Crippen LogP contribution in [0, 0.1) is 0 Å². The molecule has 146 valence electrons. The van der Waals surface area contributed by atoms with E-state index in [-0.39, 0.29) is 42.2 Å². The molecule has 1 atom stereocenters. The maximum Gasteiger partial charge on any atom is 0.255 e. The maximum atomic E-state index is 13.2. The number of nitrogens with one attached hydrogen (secondary N) is 2. The topological polar surface area (TPSA) is 108 Å². The second kappa shape index (κ2) is 9.53. The number of likely N-dealkylation sites (tertiary alicyclic amines) is 1. The number of halogens is 1. The molecule has 27 heavy (non-hydrogen) atoms. The van der Waals surface area contributed by atoms with Crippen LogP contribution in [0.3, 0.4) is 0 Å². The number of benzene rings is 1. The van der Waals surface area contributed by atoms with Gasteiger partial charge < -0.3 is 20.9 Å². The molecule has 1 unspecified atom stereocenters. The van der Waals surface area contributed by atoms with Gasteiger partial charge in [0.25, 0.3) is 5.91 Å². The van der Waals surface area contributed by atoms with Crippen LogP contribution in [0.5, 0.6) is 0 Å². The van der Waals surface area contributed by atoms with Gasteiger partial charge in [-0.05, 0) is 25.3 Å². The van der Waals surface area contributed by atoms with Gasteiger partial charge in [0.1, 0.15) is 0 Å². The summed E-state index contributed by atoms with van der Waals surface area (Å²) in [7, 11) is 0. The Labute approximate surface area is 163 Å². The Hall–Kier alpha value is -2.38. The van der Waals surface area contributed by atoms with E-state index in [1.54, 1.807) is 11.0 Å². The van der Waals surface area contributed by atoms with Gasteiger partial charge in [0.2, 0.25) is 11.5 Å². The van der Waals surface area contributed by atoms with Crippen molar-refractivity contribution in [2.24, 2.45) is 5.73 Å². The molecule has 2 amide bonds. The quantitative estimate of drug-likeness (QED) is 0.714. The van der Waals surface area contributed by atoms with Gasteiger partial charge in [-0.3, -0.25) is 14.4 Å². The first-order chi connectivity index (χ1) is 12.6. The Kier molecular flexibility index (Phi) is 7.38. The van der Waals surface area contributed by atoms with Crippen LogP contribution in [-0.2, 0) is 4.79 Å². The molecule has 0 saturated carbocycles. The molecule has 1 aliphatic heterocycles. The molecular weight excluding hydrogens is 368 g/mol. The number of fused-ring (bicyclic) bond motifs is 1. The average molecular weight is 393 g/mol. The molecule has 8 heteroatoms. The Morgan fingerprint density at radius 1 is 1.26 bits per heavy atom. The zero-order valence-electron chi connectivity index (χ0n) is 15.1. The summed E-state index contributed by atoms with van der Waals surface area (Å²) in [5.74, 6) is -0.267. The van der Waals surface area contributed by atoms with Crippen LogP contribution in [0.25, 0.3) is 10.9 Å². The van der Waals surface area contributed by atoms with Crippen LogP contribution >= 0.6 is 12.4 Å². The van der Waals surface area contributed by atoms with E-state index in [4.69, 9.17) is 5.73 Å². The second-order valence-electron chi connectivity index (χ2n) is 6.58. The van der Waals surface area contributed by atoms with E-state index in [0.717, 1.165) is 24.6 Å². The van der Waals surface area contributed by atoms with Gasteiger partial charge in [0.15, 0.2) is 0 Å². The van der Waals surface area contributed by atoms with E-state index >= 15 is 0 Å². The molecular formula is C19H25ClN4O3. The number of H-pyrrole nitrogens is 1. The van der Waals surface area contributed by atoms with Gasteiger partial charge in [-0.1, -0.05) is 18.2 Å². The minimum absolute atomic E-state index is 0. The summed E-state index contributed by atoms with van der Waals surface area (Å²) in [5.41, 5.74) is 6.16. The number of aromatic nitrogens is 1. The number of hydrogen-bond acceptors (Lipinski definition) is 4. The van der Waals surface area contributed by atoms with Crippen molar-refractivity contribution in [1.82, 2.24) is 15.2 Å². The molecule has 7 nitrogen and oxygen atoms in total. The van der Waals surface area contributed by atoms with Crippen molar-refractivity contribution in [3.05, 3.63) is 46.2 Å². The number of aromatic amines is 1. The third-order valence-electron chi connectivity index (χ3n) is 4.78. The summed E-state index contributed by atoms with van der Waals surface area (Å²) in [6.45, 7) is 1.33. The fourth-order valence-electron chi connectivity index (χ4n) is 3.47. The third kappa shape index (κ3) is 4.87. The normalized spacial score (nSPS) is 16.6. The molecule has 0 radical (unpaired) electrons. The number of pyridine rings is 1. The zero-order valence-corrected chi connectivity index (χ0v) is 15.9. The van der Waals surface area contributed by atoms with Gasteiger partial charge in [0.05, 0.1) is 5.56 Å². The number of rotatable bonds is 5. The third-order valence-corrected chi connectivity index (χ3v) is 4.78. The highest BCUT2D eigenvalue weighted by atomic mass is 35.5. The molecule has 0 bridgehead atoms. The van der Waals surface area contributed by atoms with E-state index in [9.17, 15) is 14.4 Å². The molecule has 1 saturated heterocycles. The predicted molar refractivity (Wildman–Crippen MR) is 107 cm³/mol. The van der Waals surface area contributed by atoms with Gasteiger partial charge in [0, 0.05) is 49.1 Å². The van der Waals surface area contributed by atoms with Crippen LogP contribution in [0.2, 0.25) is 0 Å². The number of amides is 2. The number of hydrogen-bond donors (Lipinski definition) is 3. The summed E-state index contributed by atoms with van der Waals surface area (Å²) in [6.07, 6.45) is 3.03. The largest absolute Gasteiger partial charge is 0.354 e. The number of carbonyl (C=O) groups excluding carboxylic acids is 2. The molecule has 1 fully saturated rings. The van der Waals surface area contributed by atoms with Crippen molar-refractivity contribution in [2.45, 2.75) is 31.7 Å². The number of nitrogens with two attached hydrogens (primary N) is 1. The SMILES string of the molecule is Cl.NCCC(=O)NCC1CCCCN1C(=O)c1cc(=O)[nH]c2ccccc12. The van der Waals surface area contributed by atoms with Crippen molar-refractivity contribution in [3.8, 4) is 0 Å². The fraction of sp³-hybridized carbons (Fsp3) is 0.421. The Morgan fingerprint density at radius 2 is 2.04 bits per heavy atom. The first-order valence-corrected chi connectivity index (χ1v) is 9.00. The molecule has 2 heterocycles. The molecule has 1 aliphatic rings. The first-order valence-electron chi connectivity index (χ1n) is 9.00. The summed E-state index contributed by atoms with van der Waals surface area (Å²) >= 11 is 0. The highest BCUT2D eigenvalue weighted by Gasteiger charge is 2.28. The van der Waals surface area contributed by atoms with Crippen LogP contribution in [0.4, 0.5) is 0 Å². The van der Waals surface area contributed by atoms with E-state index in [1.807, 2.05) is 18.2 Å². The fourth-order valence-corrected chi connectivity index (χ4v) is 3.47. The predicted octanol–water partition coefficient (Wildman–Crippen LogP) is 1.41. The second-order valence-corrected chi connectivity index (χ2v) is 6.58. The van der Waals surface area contributed by atoms with Gasteiger partial charge in [-0.15, -0.1) is 12.4 Å². The monoisotopic (exact) mass is 392 g/mol. The van der Waals surface area contributed by atoms with Gasteiger partial charge in [-0.2, -0.15) is 0 Å². The lowest BCUT2D eigenvalue weighted by Crippen LogP contribution is -2.49. The number of carbonyl (C=O) groups is 2. The molecule has 3 rings (SSSR count). The lowest BCUT2D eigenvalue weighted by Gasteiger charge is -2.36. The Morgan fingerprint density at radius 3 is 2.81 bits per heavy atom. The number of piperidine rings is 1. The molecule has 1 aromatic heterocycles. The van der Waals surface area contributed by atoms with Gasteiger partial charge in [-0.25, -0.2) is 0 Å². The molecule has 0 spiro atoms. The zero-order chi connectivity index (χ0) is 18.5. The number of nitrogens with zero attached hydrogens (tertiary/aromatic N) is 1. The van der Waals surface area contributed by atoms with E-state index < -0.39 is 0 Å². The highest BCUT2D eigenvalue weighted by Crippen LogP contribution is 2.22. The first kappa shape index (κ1) is 20.9. The van der Waals surface area contributed by atoms with Crippen LogP contribution < -0.4 is 16.6 Å². The Balaban J connectivity index is 0.00000261. The summed E-state index contributed by atoms with van der Waals surface area (Å²) in [5, 5.41) is 3.59. The van der Waals surface area contributed by atoms with Gasteiger partial charge >= 0.3 is 0 Å². The maximum absolute atomic E-state index is 13.2. The summed E-state index contributed by atoms with van der Waals surface area (Å²) < 4.78 is 0. The van der Waals surface area contributed by atoms with Crippen molar-refractivity contribution < 1.29 is 9.59 Å². The molecule has 0 aliphatic carbocycles. The standard InChI is InChI=1S/C19H24N4O3.ClH/c20-9-8-17(24)21-12-13-5-3-4-10-23(13)19(26)15-11-18(25)22-16-7-2-1-6-14(15)16;/h1-2,6-7,11,13H,3-5,8-10,12,20H2,(H,21,24)(H,22,25);1H. The van der Waals surface area contributed by atoms with Crippen molar-refractivity contribution in [1.29, 1.82) is 0 Å². The van der Waals surface area contributed by atoms with Crippen LogP contribution in [0.1, 0.15) is 36.0 Å². The van der Waals surface area contributed by atoms with Crippen molar-refractivity contribution in [3.63, 3.8) is 0 Å². The summed E-state index contributed by atoms with van der Waals surface area (Å²) in [6, 6.07) is 8.58. The highest BCUT2D eigenvalue weighted by molar-refractivity contribution is 6.06. The van der Waals surface area contributed by atoms with E-state index in [0.29, 0.717) is 30.7 Å². The summed E-state index contributed by atoms with van der Waals surface area (Å²) in [4.78, 5) is 41.4. The average Bonchev–Trinajstić information content (AvgIpc) is 2.65. The smallest absolute Gasteiger partial charge is 0.255 e. The molecule has 2 aromatic rings. The Bertz CT molecular complexity index is 867. The minimum Gasteiger partial charge on any atom is -0.354 e. The van der Waals surface area contributed by atoms with Crippen molar-refractivity contribution in [2.75, 3.05) is 19.6 Å².